The molecule has 0 aliphatic carbocycles. The van der Waals surface area contributed by atoms with Crippen molar-refractivity contribution in [3.63, 3.8) is 0 Å². The van der Waals surface area contributed by atoms with Gasteiger partial charge in [-0.05, 0) is 61.0 Å². The van der Waals surface area contributed by atoms with Gasteiger partial charge in [-0.25, -0.2) is 0 Å². The zero-order valence-electron chi connectivity index (χ0n) is 18.9. The van der Waals surface area contributed by atoms with E-state index in [2.05, 4.69) is 15.1 Å². The molecule has 2 aromatic heterocycles. The third-order valence-electron chi connectivity index (χ3n) is 5.34. The number of rotatable bonds is 7. The number of aromatic nitrogens is 3. The summed E-state index contributed by atoms with van der Waals surface area (Å²) in [6.45, 7) is 2.00. The van der Waals surface area contributed by atoms with E-state index in [-0.39, 0.29) is 18.0 Å². The minimum absolute atomic E-state index is 0.0996. The molecule has 0 aliphatic heterocycles. The number of aliphatic carboxylic acids is 1. The van der Waals surface area contributed by atoms with E-state index < -0.39 is 17.7 Å². The maximum atomic E-state index is 13.4. The molecule has 1 N–H and O–H groups in total. The van der Waals surface area contributed by atoms with Crippen LogP contribution in [0.3, 0.4) is 0 Å². The fourth-order valence-electron chi connectivity index (χ4n) is 3.74. The van der Waals surface area contributed by atoms with Gasteiger partial charge in [0.15, 0.2) is 0 Å². The molecule has 0 bridgehead atoms. The number of nitrogens with zero attached hydrogens (tertiary/aromatic N) is 4. The van der Waals surface area contributed by atoms with Crippen LogP contribution in [-0.4, -0.2) is 44.7 Å². The van der Waals surface area contributed by atoms with Crippen molar-refractivity contribution in [1.82, 2.24) is 20.0 Å². The number of alkyl halides is 3. The summed E-state index contributed by atoms with van der Waals surface area (Å²) in [4.78, 5) is 21.1. The van der Waals surface area contributed by atoms with Crippen molar-refractivity contribution in [2.24, 2.45) is 0 Å². The highest BCUT2D eigenvalue weighted by Crippen LogP contribution is 2.38. The van der Waals surface area contributed by atoms with Crippen molar-refractivity contribution in [1.29, 1.82) is 0 Å². The van der Waals surface area contributed by atoms with Gasteiger partial charge in [0, 0.05) is 23.9 Å². The first kappa shape index (κ1) is 24.1. The molecule has 2 aromatic carbocycles. The van der Waals surface area contributed by atoms with Crippen LogP contribution in [0, 0.1) is 6.92 Å². The number of likely N-dealkylation sites (N-methyl/N-ethyl adjacent to an activating group) is 1. The van der Waals surface area contributed by atoms with Gasteiger partial charge >= 0.3 is 12.1 Å². The first-order chi connectivity index (χ1) is 16.6. The number of halogens is 3. The molecular formula is C25H21F3N4O3. The number of hydrogen-bond acceptors (Lipinski definition) is 6. The summed E-state index contributed by atoms with van der Waals surface area (Å²) in [5.41, 5.74) is 2.39. The second kappa shape index (κ2) is 9.67. The van der Waals surface area contributed by atoms with Crippen LogP contribution in [0.25, 0.3) is 34.0 Å². The molecule has 0 aliphatic rings. The summed E-state index contributed by atoms with van der Waals surface area (Å²) in [5.74, 6) is -0.387. The van der Waals surface area contributed by atoms with Gasteiger partial charge in [0.1, 0.15) is 0 Å². The summed E-state index contributed by atoms with van der Waals surface area (Å²) in [7, 11) is 1.68. The van der Waals surface area contributed by atoms with Gasteiger partial charge in [-0.3, -0.25) is 14.7 Å². The molecule has 180 valence electrons. The van der Waals surface area contributed by atoms with Gasteiger partial charge in [0.05, 0.1) is 17.8 Å². The summed E-state index contributed by atoms with van der Waals surface area (Å²) >= 11 is 0. The average Bonchev–Trinajstić information content (AvgIpc) is 3.29. The molecule has 2 heterocycles. The second-order valence-electron chi connectivity index (χ2n) is 8.10. The molecule has 0 radical (unpaired) electrons. The van der Waals surface area contributed by atoms with Crippen molar-refractivity contribution in [3.8, 4) is 34.0 Å². The van der Waals surface area contributed by atoms with Crippen molar-refractivity contribution in [2.75, 3.05) is 13.6 Å². The molecule has 0 spiro atoms. The lowest BCUT2D eigenvalue weighted by Crippen LogP contribution is -2.25. The second-order valence-corrected chi connectivity index (χ2v) is 8.10. The van der Waals surface area contributed by atoms with Crippen LogP contribution >= 0.6 is 0 Å². The minimum Gasteiger partial charge on any atom is -0.480 e. The van der Waals surface area contributed by atoms with Crippen LogP contribution in [0.4, 0.5) is 13.2 Å². The van der Waals surface area contributed by atoms with Gasteiger partial charge in [0.2, 0.25) is 5.82 Å². The van der Waals surface area contributed by atoms with Crippen LogP contribution in [0.15, 0.2) is 65.3 Å². The van der Waals surface area contributed by atoms with Crippen molar-refractivity contribution in [3.05, 3.63) is 77.6 Å². The van der Waals surface area contributed by atoms with Crippen LogP contribution in [0.2, 0.25) is 0 Å². The SMILES string of the molecule is Cc1cc(-c2nc(-c3ccc(CN(C)CC(=O)O)nc3)no2)ccc1-c1ccccc1C(F)(F)F. The number of benzene rings is 2. The minimum atomic E-state index is -4.46. The summed E-state index contributed by atoms with van der Waals surface area (Å²) in [6.07, 6.45) is -2.89. The standard InChI is InChI=1S/C25H21F3N4O3/c1-15-11-16(8-10-19(15)20-5-3-4-6-21(20)25(26,27)28)24-30-23(31-35-24)17-7-9-18(29-12-17)13-32(2)14-22(33)34/h3-12H,13-14H2,1-2H3,(H,33,34). The zero-order chi connectivity index (χ0) is 25.2. The Bertz CT molecular complexity index is 1350. The molecule has 4 aromatic rings. The highest BCUT2D eigenvalue weighted by atomic mass is 19.4. The predicted octanol–water partition coefficient (Wildman–Crippen LogP) is 5.31. The average molecular weight is 482 g/mol. The van der Waals surface area contributed by atoms with E-state index in [0.29, 0.717) is 40.3 Å². The Kier molecular flexibility index (Phi) is 6.65. The van der Waals surface area contributed by atoms with Gasteiger partial charge in [-0.15, -0.1) is 0 Å². The van der Waals surface area contributed by atoms with Gasteiger partial charge in [-0.2, -0.15) is 18.2 Å². The largest absolute Gasteiger partial charge is 0.480 e. The Morgan fingerprint density at radius 1 is 1.06 bits per heavy atom. The number of hydrogen-bond donors (Lipinski definition) is 1. The molecule has 4 rings (SSSR count). The molecule has 0 saturated heterocycles. The first-order valence-electron chi connectivity index (χ1n) is 10.6. The predicted molar refractivity (Wildman–Crippen MR) is 122 cm³/mol. The number of carboxylic acids is 1. The molecular weight excluding hydrogens is 461 g/mol. The summed E-state index contributed by atoms with van der Waals surface area (Å²) in [6, 6.07) is 13.9. The van der Waals surface area contributed by atoms with Crippen molar-refractivity contribution < 1.29 is 27.6 Å². The third-order valence-corrected chi connectivity index (χ3v) is 5.34. The maximum Gasteiger partial charge on any atom is 0.417 e. The monoisotopic (exact) mass is 482 g/mol. The Hall–Kier alpha value is -4.05. The number of aryl methyl sites for hydroxylation is 1. The van der Waals surface area contributed by atoms with Crippen LogP contribution in [0.1, 0.15) is 16.8 Å². The van der Waals surface area contributed by atoms with Gasteiger partial charge in [0.25, 0.3) is 5.89 Å². The fourth-order valence-corrected chi connectivity index (χ4v) is 3.74. The molecule has 0 saturated carbocycles. The first-order valence-corrected chi connectivity index (χ1v) is 10.6. The van der Waals surface area contributed by atoms with E-state index in [1.165, 1.54) is 12.1 Å². The molecule has 35 heavy (non-hydrogen) atoms. The summed E-state index contributed by atoms with van der Waals surface area (Å²) in [5, 5.41) is 12.8. The Balaban J connectivity index is 1.55. The number of carboxylic acid groups (broad SMARTS) is 1. The van der Waals surface area contributed by atoms with E-state index in [1.54, 1.807) is 61.5 Å². The number of carbonyl (C=O) groups is 1. The zero-order valence-corrected chi connectivity index (χ0v) is 18.9. The Morgan fingerprint density at radius 3 is 2.46 bits per heavy atom. The Morgan fingerprint density at radius 2 is 1.80 bits per heavy atom. The molecule has 0 fully saturated rings. The number of pyridine rings is 1. The molecule has 10 heteroatoms. The lowest BCUT2D eigenvalue weighted by Gasteiger charge is -2.14. The molecule has 7 nitrogen and oxygen atoms in total. The third kappa shape index (κ3) is 5.55. The highest BCUT2D eigenvalue weighted by Gasteiger charge is 2.33. The molecule has 0 atom stereocenters. The van der Waals surface area contributed by atoms with E-state index in [0.717, 1.165) is 6.07 Å². The van der Waals surface area contributed by atoms with Crippen LogP contribution < -0.4 is 0 Å². The lowest BCUT2D eigenvalue weighted by molar-refractivity contribution is -0.138. The van der Waals surface area contributed by atoms with Crippen molar-refractivity contribution >= 4 is 5.97 Å². The lowest BCUT2D eigenvalue weighted by atomic mass is 9.94. The van der Waals surface area contributed by atoms with E-state index >= 15 is 0 Å². The van der Waals surface area contributed by atoms with Gasteiger partial charge in [-0.1, -0.05) is 29.4 Å². The molecule has 0 unspecified atom stereocenters. The van der Waals surface area contributed by atoms with E-state index in [1.807, 2.05) is 0 Å². The van der Waals surface area contributed by atoms with Crippen LogP contribution in [-0.2, 0) is 17.5 Å². The van der Waals surface area contributed by atoms with Crippen LogP contribution in [0.5, 0.6) is 0 Å². The summed E-state index contributed by atoms with van der Waals surface area (Å²) < 4.78 is 45.7. The molecule has 0 amide bonds. The smallest absolute Gasteiger partial charge is 0.417 e. The van der Waals surface area contributed by atoms with Gasteiger partial charge < -0.3 is 9.63 Å². The van der Waals surface area contributed by atoms with Crippen molar-refractivity contribution in [2.45, 2.75) is 19.6 Å². The van der Waals surface area contributed by atoms with E-state index in [9.17, 15) is 18.0 Å². The Labute approximate surface area is 198 Å². The maximum absolute atomic E-state index is 13.4. The van der Waals surface area contributed by atoms with E-state index in [4.69, 9.17) is 9.63 Å². The topological polar surface area (TPSA) is 92.4 Å². The fraction of sp³-hybridized carbons (Fsp3) is 0.200. The normalized spacial score (nSPS) is 11.7. The quantitative estimate of drug-likeness (QED) is 0.382. The highest BCUT2D eigenvalue weighted by molar-refractivity contribution is 5.74.